The molecule has 3 rings (SSSR count). The van der Waals surface area contributed by atoms with Crippen molar-refractivity contribution in [3.05, 3.63) is 54.1 Å². The second-order valence-electron chi connectivity index (χ2n) is 6.94. The summed E-state index contributed by atoms with van der Waals surface area (Å²) in [5.41, 5.74) is -0.613. The van der Waals surface area contributed by atoms with Gasteiger partial charge >= 0.3 is 6.18 Å². The number of rotatable bonds is 6. The lowest BCUT2D eigenvalue weighted by molar-refractivity contribution is -0.137. The summed E-state index contributed by atoms with van der Waals surface area (Å²) in [5, 5.41) is 5.12. The van der Waals surface area contributed by atoms with Crippen LogP contribution in [0.5, 0.6) is 5.75 Å². The zero-order chi connectivity index (χ0) is 21.7. The predicted molar refractivity (Wildman–Crippen MR) is 106 cm³/mol. The number of carbonyl (C=O) groups is 2. The molecule has 30 heavy (non-hydrogen) atoms. The average molecular weight is 421 g/mol. The van der Waals surface area contributed by atoms with Crippen molar-refractivity contribution in [1.29, 1.82) is 0 Å². The summed E-state index contributed by atoms with van der Waals surface area (Å²) in [6.45, 7) is 0.335. The van der Waals surface area contributed by atoms with Crippen LogP contribution in [-0.4, -0.2) is 43.0 Å². The number of nitrogens with zero attached hydrogens (tertiary/aromatic N) is 1. The van der Waals surface area contributed by atoms with Gasteiger partial charge < -0.3 is 15.4 Å². The molecule has 0 aliphatic carbocycles. The minimum Gasteiger partial charge on any atom is -0.497 e. The Morgan fingerprint density at radius 3 is 2.47 bits per heavy atom. The Bertz CT molecular complexity index is 900. The molecule has 2 aromatic rings. The number of ether oxygens (including phenoxy) is 1. The van der Waals surface area contributed by atoms with Gasteiger partial charge in [0, 0.05) is 5.69 Å². The Hall–Kier alpha value is -3.07. The van der Waals surface area contributed by atoms with Crippen LogP contribution in [0.3, 0.4) is 0 Å². The van der Waals surface area contributed by atoms with Gasteiger partial charge in [0.05, 0.1) is 30.9 Å². The van der Waals surface area contributed by atoms with Crippen molar-refractivity contribution in [1.82, 2.24) is 4.90 Å². The molecular formula is C21H22F3N3O3. The number of benzene rings is 2. The van der Waals surface area contributed by atoms with E-state index in [-0.39, 0.29) is 18.1 Å². The second-order valence-corrected chi connectivity index (χ2v) is 6.94. The Kier molecular flexibility index (Phi) is 6.61. The van der Waals surface area contributed by atoms with Crippen LogP contribution in [0.2, 0.25) is 0 Å². The largest absolute Gasteiger partial charge is 0.497 e. The monoisotopic (exact) mass is 421 g/mol. The molecule has 2 N–H and O–H groups in total. The molecule has 9 heteroatoms. The molecule has 0 aromatic heterocycles. The number of hydrogen-bond donors (Lipinski definition) is 2. The first-order valence-corrected chi connectivity index (χ1v) is 9.43. The zero-order valence-corrected chi connectivity index (χ0v) is 16.3. The summed E-state index contributed by atoms with van der Waals surface area (Å²) >= 11 is 0. The normalized spacial score (nSPS) is 16.9. The van der Waals surface area contributed by atoms with Crippen molar-refractivity contribution in [3.63, 3.8) is 0 Å². The van der Waals surface area contributed by atoms with Crippen molar-refractivity contribution >= 4 is 23.2 Å². The number of methoxy groups -OCH3 is 1. The first-order valence-electron chi connectivity index (χ1n) is 9.43. The van der Waals surface area contributed by atoms with Gasteiger partial charge in [0.2, 0.25) is 11.8 Å². The summed E-state index contributed by atoms with van der Waals surface area (Å²) in [6.07, 6.45) is -3.29. The molecule has 1 fully saturated rings. The summed E-state index contributed by atoms with van der Waals surface area (Å²) in [5.74, 6) is -0.205. The highest BCUT2D eigenvalue weighted by Gasteiger charge is 2.35. The van der Waals surface area contributed by atoms with Crippen molar-refractivity contribution in [2.45, 2.75) is 25.1 Å². The molecule has 1 saturated heterocycles. The van der Waals surface area contributed by atoms with Crippen LogP contribution in [0.15, 0.2) is 48.5 Å². The van der Waals surface area contributed by atoms with Gasteiger partial charge in [0.15, 0.2) is 0 Å². The number of amides is 2. The van der Waals surface area contributed by atoms with Gasteiger partial charge in [-0.3, -0.25) is 14.5 Å². The van der Waals surface area contributed by atoms with Crippen LogP contribution in [0.1, 0.15) is 18.4 Å². The highest BCUT2D eigenvalue weighted by Crippen LogP contribution is 2.34. The van der Waals surface area contributed by atoms with Gasteiger partial charge in [-0.2, -0.15) is 13.2 Å². The number of carbonyl (C=O) groups excluding carboxylic acids is 2. The van der Waals surface area contributed by atoms with E-state index in [4.69, 9.17) is 4.74 Å². The van der Waals surface area contributed by atoms with Crippen LogP contribution in [-0.2, 0) is 15.8 Å². The lowest BCUT2D eigenvalue weighted by Crippen LogP contribution is -2.43. The van der Waals surface area contributed by atoms with Crippen LogP contribution in [0, 0.1) is 0 Å². The minimum absolute atomic E-state index is 0.174. The zero-order valence-electron chi connectivity index (χ0n) is 16.3. The van der Waals surface area contributed by atoms with E-state index < -0.39 is 23.7 Å². The minimum atomic E-state index is -4.57. The maximum Gasteiger partial charge on any atom is 0.418 e. The highest BCUT2D eigenvalue weighted by atomic mass is 19.4. The summed E-state index contributed by atoms with van der Waals surface area (Å²) in [7, 11) is 1.54. The van der Waals surface area contributed by atoms with E-state index in [0.717, 1.165) is 6.07 Å². The van der Waals surface area contributed by atoms with Crippen LogP contribution in [0.25, 0.3) is 0 Å². The lowest BCUT2D eigenvalue weighted by atomic mass is 10.1. The third-order valence-corrected chi connectivity index (χ3v) is 4.88. The SMILES string of the molecule is COc1ccc(NC(=O)C2CCCN2CC(=O)Nc2ccccc2C(F)(F)F)cc1. The Balaban J connectivity index is 1.62. The molecule has 1 aliphatic rings. The van der Waals surface area contributed by atoms with Crippen molar-refractivity contribution in [3.8, 4) is 5.75 Å². The number of nitrogens with one attached hydrogen (secondary N) is 2. The molecule has 2 aromatic carbocycles. The van der Waals surface area contributed by atoms with E-state index in [0.29, 0.717) is 30.8 Å². The second kappa shape index (κ2) is 9.17. The number of hydrogen-bond acceptors (Lipinski definition) is 4. The number of likely N-dealkylation sites (tertiary alicyclic amines) is 1. The van der Waals surface area contributed by atoms with Gasteiger partial charge in [-0.05, 0) is 55.8 Å². The molecule has 2 amide bonds. The highest BCUT2D eigenvalue weighted by molar-refractivity contribution is 5.97. The first kappa shape index (κ1) is 21.6. The number of halogens is 3. The molecule has 160 valence electrons. The van der Waals surface area contributed by atoms with E-state index in [9.17, 15) is 22.8 Å². The Morgan fingerprint density at radius 1 is 1.10 bits per heavy atom. The quantitative estimate of drug-likeness (QED) is 0.745. The van der Waals surface area contributed by atoms with Crippen molar-refractivity contribution < 1.29 is 27.5 Å². The molecule has 6 nitrogen and oxygen atoms in total. The molecule has 0 spiro atoms. The number of alkyl halides is 3. The Labute approximate surface area is 172 Å². The third kappa shape index (κ3) is 5.29. The van der Waals surface area contributed by atoms with Crippen LogP contribution < -0.4 is 15.4 Å². The lowest BCUT2D eigenvalue weighted by Gasteiger charge is -2.23. The van der Waals surface area contributed by atoms with Gasteiger partial charge in [0.25, 0.3) is 0 Å². The van der Waals surface area contributed by atoms with Crippen LogP contribution >= 0.6 is 0 Å². The topological polar surface area (TPSA) is 70.7 Å². The third-order valence-electron chi connectivity index (χ3n) is 4.88. The van der Waals surface area contributed by atoms with Crippen molar-refractivity contribution in [2.24, 2.45) is 0 Å². The molecule has 0 radical (unpaired) electrons. The number of anilines is 2. The van der Waals surface area contributed by atoms with E-state index in [2.05, 4.69) is 10.6 Å². The average Bonchev–Trinajstić information content (AvgIpc) is 3.16. The van der Waals surface area contributed by atoms with Gasteiger partial charge in [-0.25, -0.2) is 0 Å². The Morgan fingerprint density at radius 2 is 1.80 bits per heavy atom. The molecule has 1 atom stereocenters. The van der Waals surface area contributed by atoms with Gasteiger partial charge in [0.1, 0.15) is 5.75 Å². The fraction of sp³-hybridized carbons (Fsp3) is 0.333. The molecule has 0 saturated carbocycles. The maximum absolute atomic E-state index is 13.1. The summed E-state index contributed by atoms with van der Waals surface area (Å²) in [6, 6.07) is 11.1. The van der Waals surface area contributed by atoms with E-state index in [1.54, 1.807) is 36.3 Å². The van der Waals surface area contributed by atoms with E-state index in [1.807, 2.05) is 0 Å². The van der Waals surface area contributed by atoms with Gasteiger partial charge in [-0.1, -0.05) is 12.1 Å². The molecule has 1 aliphatic heterocycles. The van der Waals surface area contributed by atoms with E-state index >= 15 is 0 Å². The molecule has 1 heterocycles. The number of para-hydroxylation sites is 1. The van der Waals surface area contributed by atoms with E-state index in [1.165, 1.54) is 18.2 Å². The summed E-state index contributed by atoms with van der Waals surface area (Å²) in [4.78, 5) is 26.7. The smallest absolute Gasteiger partial charge is 0.418 e. The molecule has 0 bridgehead atoms. The van der Waals surface area contributed by atoms with Gasteiger partial charge in [-0.15, -0.1) is 0 Å². The molecule has 1 unspecified atom stereocenters. The predicted octanol–water partition coefficient (Wildman–Crippen LogP) is 3.76. The van der Waals surface area contributed by atoms with Crippen molar-refractivity contribution in [2.75, 3.05) is 30.8 Å². The first-order chi connectivity index (χ1) is 14.3. The summed E-state index contributed by atoms with van der Waals surface area (Å²) < 4.78 is 44.4. The fourth-order valence-corrected chi connectivity index (χ4v) is 3.43. The fourth-order valence-electron chi connectivity index (χ4n) is 3.43. The standard InChI is InChI=1S/C21H22F3N3O3/c1-30-15-10-8-14(9-11-15)25-20(29)18-7-4-12-27(18)13-19(28)26-17-6-3-2-5-16(17)21(22,23)24/h2-3,5-6,8-11,18H,4,7,12-13H2,1H3,(H,25,29)(H,26,28). The molecular weight excluding hydrogens is 399 g/mol. The van der Waals surface area contributed by atoms with Crippen LogP contribution in [0.4, 0.5) is 24.5 Å². The maximum atomic E-state index is 13.1.